The molecule has 3 heterocycles. The molecule has 6 heteroatoms. The van der Waals surface area contributed by atoms with Crippen molar-refractivity contribution < 1.29 is 4.39 Å². The summed E-state index contributed by atoms with van der Waals surface area (Å²) >= 11 is 0. The number of piperazine rings is 1. The molecular formula is C18H18FN5. The fourth-order valence-electron chi connectivity index (χ4n) is 2.98. The monoisotopic (exact) mass is 323 g/mol. The van der Waals surface area contributed by atoms with Gasteiger partial charge in [-0.1, -0.05) is 12.1 Å². The van der Waals surface area contributed by atoms with Crippen LogP contribution in [0.3, 0.4) is 0 Å². The minimum absolute atomic E-state index is 0.236. The molecule has 0 atom stereocenters. The summed E-state index contributed by atoms with van der Waals surface area (Å²) in [4.78, 5) is 17.7. The van der Waals surface area contributed by atoms with Crippen LogP contribution in [-0.4, -0.2) is 46.0 Å². The number of benzene rings is 1. The molecule has 4 rings (SSSR count). The largest absolute Gasteiger partial charge is 0.353 e. The van der Waals surface area contributed by atoms with E-state index in [4.69, 9.17) is 4.98 Å². The Labute approximate surface area is 139 Å². The lowest BCUT2D eigenvalue weighted by atomic mass is 10.2. The Morgan fingerprint density at radius 2 is 1.71 bits per heavy atom. The fourth-order valence-corrected chi connectivity index (χ4v) is 2.98. The Morgan fingerprint density at radius 3 is 2.50 bits per heavy atom. The van der Waals surface area contributed by atoms with Crippen LogP contribution in [0.5, 0.6) is 0 Å². The zero-order chi connectivity index (χ0) is 16.4. The number of hydrogen-bond acceptors (Lipinski definition) is 5. The summed E-state index contributed by atoms with van der Waals surface area (Å²) in [5.74, 6) is 0.665. The van der Waals surface area contributed by atoms with Gasteiger partial charge < -0.3 is 4.90 Å². The average molecular weight is 323 g/mol. The SMILES string of the molecule is Fc1cccnc1CN1CCN(c2cnc3ccccc3n2)CC1. The third-order valence-corrected chi connectivity index (χ3v) is 4.34. The molecule has 3 aromatic rings. The van der Waals surface area contributed by atoms with Crippen molar-refractivity contribution in [1.29, 1.82) is 0 Å². The zero-order valence-electron chi connectivity index (χ0n) is 13.3. The number of para-hydroxylation sites is 2. The topological polar surface area (TPSA) is 45.2 Å². The van der Waals surface area contributed by atoms with Crippen LogP contribution in [-0.2, 0) is 6.54 Å². The molecule has 122 valence electrons. The standard InChI is InChI=1S/C18H18FN5/c19-14-4-3-7-20-17(14)13-23-8-10-24(11-9-23)18-12-21-15-5-1-2-6-16(15)22-18/h1-7,12H,8-11,13H2. The van der Waals surface area contributed by atoms with Crippen LogP contribution in [0.4, 0.5) is 10.2 Å². The number of fused-ring (bicyclic) bond motifs is 1. The predicted octanol–water partition coefficient (Wildman–Crippen LogP) is 2.49. The first-order valence-electron chi connectivity index (χ1n) is 8.08. The van der Waals surface area contributed by atoms with E-state index in [0.29, 0.717) is 12.2 Å². The first kappa shape index (κ1) is 15.0. The molecule has 0 radical (unpaired) electrons. The van der Waals surface area contributed by atoms with Crippen LogP contribution < -0.4 is 4.90 Å². The van der Waals surface area contributed by atoms with Gasteiger partial charge in [-0.2, -0.15) is 0 Å². The maximum absolute atomic E-state index is 13.7. The summed E-state index contributed by atoms with van der Waals surface area (Å²) in [5, 5.41) is 0. The van der Waals surface area contributed by atoms with Crippen LogP contribution in [0.15, 0.2) is 48.8 Å². The number of nitrogens with zero attached hydrogens (tertiary/aromatic N) is 5. The molecule has 1 saturated heterocycles. The molecule has 0 N–H and O–H groups in total. The van der Waals surface area contributed by atoms with Gasteiger partial charge in [0, 0.05) is 38.9 Å². The third-order valence-electron chi connectivity index (χ3n) is 4.34. The van der Waals surface area contributed by atoms with Crippen molar-refractivity contribution in [2.75, 3.05) is 31.1 Å². The van der Waals surface area contributed by atoms with Crippen molar-refractivity contribution in [1.82, 2.24) is 19.9 Å². The van der Waals surface area contributed by atoms with E-state index in [0.717, 1.165) is 43.0 Å². The first-order valence-corrected chi connectivity index (χ1v) is 8.08. The summed E-state index contributed by atoms with van der Waals surface area (Å²) < 4.78 is 13.7. The van der Waals surface area contributed by atoms with E-state index in [1.165, 1.54) is 6.07 Å². The van der Waals surface area contributed by atoms with Crippen molar-refractivity contribution in [2.45, 2.75) is 6.54 Å². The van der Waals surface area contributed by atoms with Gasteiger partial charge in [-0.25, -0.2) is 9.37 Å². The van der Waals surface area contributed by atoms with E-state index >= 15 is 0 Å². The van der Waals surface area contributed by atoms with Crippen LogP contribution in [0.2, 0.25) is 0 Å². The Hall–Kier alpha value is -2.60. The summed E-state index contributed by atoms with van der Waals surface area (Å²) in [7, 11) is 0. The molecule has 2 aromatic heterocycles. The maximum atomic E-state index is 13.7. The van der Waals surface area contributed by atoms with Crippen molar-refractivity contribution in [3.8, 4) is 0 Å². The summed E-state index contributed by atoms with van der Waals surface area (Å²) in [6, 6.07) is 11.0. The van der Waals surface area contributed by atoms with E-state index in [1.807, 2.05) is 30.5 Å². The van der Waals surface area contributed by atoms with E-state index in [2.05, 4.69) is 19.8 Å². The average Bonchev–Trinajstić information content (AvgIpc) is 2.64. The summed E-state index contributed by atoms with van der Waals surface area (Å²) in [6.07, 6.45) is 3.47. The number of anilines is 1. The van der Waals surface area contributed by atoms with Gasteiger partial charge in [0.15, 0.2) is 0 Å². The molecule has 0 spiro atoms. The van der Waals surface area contributed by atoms with Crippen molar-refractivity contribution in [3.63, 3.8) is 0 Å². The molecule has 0 aliphatic carbocycles. The summed E-state index contributed by atoms with van der Waals surface area (Å²) in [5.41, 5.74) is 2.33. The van der Waals surface area contributed by atoms with Gasteiger partial charge in [-0.15, -0.1) is 0 Å². The van der Waals surface area contributed by atoms with Crippen LogP contribution in [0.1, 0.15) is 5.69 Å². The highest BCUT2D eigenvalue weighted by molar-refractivity contribution is 5.75. The number of halogens is 1. The molecule has 5 nitrogen and oxygen atoms in total. The Bertz CT molecular complexity index is 845. The van der Waals surface area contributed by atoms with Gasteiger partial charge in [0.1, 0.15) is 11.6 Å². The van der Waals surface area contributed by atoms with Crippen LogP contribution in [0.25, 0.3) is 11.0 Å². The molecule has 0 unspecified atom stereocenters. The lowest BCUT2D eigenvalue weighted by Crippen LogP contribution is -2.46. The quantitative estimate of drug-likeness (QED) is 0.741. The minimum atomic E-state index is -0.236. The number of aromatic nitrogens is 3. The molecule has 1 aliphatic heterocycles. The second kappa shape index (κ2) is 6.49. The van der Waals surface area contributed by atoms with Gasteiger partial charge in [-0.05, 0) is 24.3 Å². The second-order valence-corrected chi connectivity index (χ2v) is 5.91. The van der Waals surface area contributed by atoms with Crippen molar-refractivity contribution in [3.05, 3.63) is 60.3 Å². The normalized spacial score (nSPS) is 15.8. The molecule has 1 fully saturated rings. The molecule has 24 heavy (non-hydrogen) atoms. The van der Waals surface area contributed by atoms with Gasteiger partial charge >= 0.3 is 0 Å². The third kappa shape index (κ3) is 3.05. The molecule has 0 amide bonds. The zero-order valence-corrected chi connectivity index (χ0v) is 13.3. The fraction of sp³-hybridized carbons (Fsp3) is 0.278. The molecular weight excluding hydrogens is 305 g/mol. The number of hydrogen-bond donors (Lipinski definition) is 0. The minimum Gasteiger partial charge on any atom is -0.353 e. The van der Waals surface area contributed by atoms with Gasteiger partial charge in [-0.3, -0.25) is 14.9 Å². The van der Waals surface area contributed by atoms with E-state index < -0.39 is 0 Å². The maximum Gasteiger partial charge on any atom is 0.147 e. The Kier molecular flexibility index (Phi) is 4.04. The molecule has 0 bridgehead atoms. The van der Waals surface area contributed by atoms with E-state index in [-0.39, 0.29) is 5.82 Å². The molecule has 1 aromatic carbocycles. The number of rotatable bonds is 3. The highest BCUT2D eigenvalue weighted by Crippen LogP contribution is 2.17. The smallest absolute Gasteiger partial charge is 0.147 e. The summed E-state index contributed by atoms with van der Waals surface area (Å²) in [6.45, 7) is 3.95. The van der Waals surface area contributed by atoms with Gasteiger partial charge in [0.05, 0.1) is 22.9 Å². The van der Waals surface area contributed by atoms with Crippen LogP contribution in [0, 0.1) is 5.82 Å². The number of pyridine rings is 1. The molecule has 0 saturated carbocycles. The Balaban J connectivity index is 1.42. The predicted molar refractivity (Wildman–Crippen MR) is 91.2 cm³/mol. The second-order valence-electron chi connectivity index (χ2n) is 5.91. The highest BCUT2D eigenvalue weighted by atomic mass is 19.1. The Morgan fingerprint density at radius 1 is 0.917 bits per heavy atom. The van der Waals surface area contributed by atoms with E-state index in [9.17, 15) is 4.39 Å². The lowest BCUT2D eigenvalue weighted by Gasteiger charge is -2.35. The van der Waals surface area contributed by atoms with Crippen LogP contribution >= 0.6 is 0 Å². The highest BCUT2D eigenvalue weighted by Gasteiger charge is 2.20. The van der Waals surface area contributed by atoms with Crippen molar-refractivity contribution in [2.24, 2.45) is 0 Å². The van der Waals surface area contributed by atoms with Gasteiger partial charge in [0.25, 0.3) is 0 Å². The first-order chi connectivity index (χ1) is 11.8. The molecule has 1 aliphatic rings. The van der Waals surface area contributed by atoms with Gasteiger partial charge in [0.2, 0.25) is 0 Å². The lowest BCUT2D eigenvalue weighted by molar-refractivity contribution is 0.243. The van der Waals surface area contributed by atoms with Crippen molar-refractivity contribution >= 4 is 16.9 Å². The van der Waals surface area contributed by atoms with E-state index in [1.54, 1.807) is 12.3 Å².